The molecule has 1 aliphatic heterocycles. The van der Waals surface area contributed by atoms with Crippen LogP contribution in [0.15, 0.2) is 0 Å². The number of hydrogen-bond acceptors (Lipinski definition) is 4. The lowest BCUT2D eigenvalue weighted by Gasteiger charge is -2.35. The van der Waals surface area contributed by atoms with Gasteiger partial charge in [0.1, 0.15) is 0 Å². The van der Waals surface area contributed by atoms with Crippen LogP contribution in [0.5, 0.6) is 0 Å². The average Bonchev–Trinajstić information content (AvgIpc) is 2.83. The molecular weight excluding hydrogens is 244 g/mol. The molecule has 0 radical (unpaired) electrons. The van der Waals surface area contributed by atoms with Crippen molar-refractivity contribution in [2.45, 2.75) is 44.7 Å². The third kappa shape index (κ3) is 3.45. The third-order valence-corrected chi connectivity index (χ3v) is 4.16. The summed E-state index contributed by atoms with van der Waals surface area (Å²) in [6.07, 6.45) is 4.15. The van der Waals surface area contributed by atoms with Gasteiger partial charge in [0.2, 0.25) is 5.91 Å². The number of nitrogens with zero attached hydrogens (tertiary/aromatic N) is 2. The highest BCUT2D eigenvalue weighted by Crippen LogP contribution is 2.22. The van der Waals surface area contributed by atoms with Crippen LogP contribution in [0, 0.1) is 0 Å². The second-order valence-electron chi connectivity index (χ2n) is 5.41. The SMILES string of the molecule is CCN(CC(=O)N1CCNC1=O)C1CCC(N)CC1. The van der Waals surface area contributed by atoms with E-state index in [1.165, 1.54) is 4.90 Å². The molecule has 2 rings (SSSR count). The monoisotopic (exact) mass is 268 g/mol. The minimum Gasteiger partial charge on any atom is -0.336 e. The molecular formula is C13H24N4O2. The molecule has 0 atom stereocenters. The van der Waals surface area contributed by atoms with E-state index in [2.05, 4.69) is 17.1 Å². The molecule has 0 bridgehead atoms. The first-order chi connectivity index (χ1) is 9.11. The molecule has 1 saturated carbocycles. The molecule has 108 valence electrons. The summed E-state index contributed by atoms with van der Waals surface area (Å²) in [5.74, 6) is -0.0910. The van der Waals surface area contributed by atoms with Crippen molar-refractivity contribution >= 4 is 11.9 Å². The van der Waals surface area contributed by atoms with Crippen molar-refractivity contribution in [1.29, 1.82) is 0 Å². The van der Waals surface area contributed by atoms with Crippen LogP contribution in [0.2, 0.25) is 0 Å². The Hall–Kier alpha value is -1.14. The summed E-state index contributed by atoms with van der Waals surface area (Å²) >= 11 is 0. The summed E-state index contributed by atoms with van der Waals surface area (Å²) in [4.78, 5) is 27.1. The van der Waals surface area contributed by atoms with Crippen LogP contribution >= 0.6 is 0 Å². The van der Waals surface area contributed by atoms with Crippen molar-refractivity contribution in [2.24, 2.45) is 5.73 Å². The van der Waals surface area contributed by atoms with Gasteiger partial charge in [0.15, 0.2) is 0 Å². The number of carbonyl (C=O) groups excluding carboxylic acids is 2. The summed E-state index contributed by atoms with van der Waals surface area (Å²) in [5, 5.41) is 2.66. The molecule has 6 nitrogen and oxygen atoms in total. The molecule has 1 aliphatic carbocycles. The van der Waals surface area contributed by atoms with Crippen LogP contribution in [-0.2, 0) is 4.79 Å². The Labute approximate surface area is 114 Å². The van der Waals surface area contributed by atoms with Gasteiger partial charge in [-0.2, -0.15) is 0 Å². The van der Waals surface area contributed by atoms with E-state index in [0.717, 1.165) is 32.2 Å². The molecule has 6 heteroatoms. The molecule has 0 aromatic heterocycles. The molecule has 0 spiro atoms. The number of nitrogens with one attached hydrogen (secondary N) is 1. The van der Waals surface area contributed by atoms with Crippen LogP contribution in [0.1, 0.15) is 32.6 Å². The van der Waals surface area contributed by atoms with Crippen molar-refractivity contribution in [3.63, 3.8) is 0 Å². The summed E-state index contributed by atoms with van der Waals surface area (Å²) in [6, 6.07) is 0.487. The molecule has 3 amide bonds. The minimum absolute atomic E-state index is 0.0910. The summed E-state index contributed by atoms with van der Waals surface area (Å²) in [5.41, 5.74) is 5.91. The Morgan fingerprint density at radius 2 is 2.11 bits per heavy atom. The third-order valence-electron chi connectivity index (χ3n) is 4.16. The Kier molecular flexibility index (Phi) is 4.76. The fraction of sp³-hybridized carbons (Fsp3) is 0.846. The molecule has 0 aromatic carbocycles. The first-order valence-corrected chi connectivity index (χ1v) is 7.19. The number of nitrogens with two attached hydrogens (primary N) is 1. The molecule has 1 heterocycles. The number of hydrogen-bond donors (Lipinski definition) is 2. The van der Waals surface area contributed by atoms with Gasteiger partial charge in [-0.15, -0.1) is 0 Å². The molecule has 1 saturated heterocycles. The quantitative estimate of drug-likeness (QED) is 0.759. The minimum atomic E-state index is -0.258. The average molecular weight is 268 g/mol. The lowest BCUT2D eigenvalue weighted by Crippen LogP contribution is -2.47. The smallest absolute Gasteiger partial charge is 0.324 e. The zero-order valence-corrected chi connectivity index (χ0v) is 11.6. The lowest BCUT2D eigenvalue weighted by atomic mass is 9.90. The fourth-order valence-corrected chi connectivity index (χ4v) is 2.93. The Morgan fingerprint density at radius 3 is 2.63 bits per heavy atom. The van der Waals surface area contributed by atoms with Gasteiger partial charge in [-0.05, 0) is 32.2 Å². The van der Waals surface area contributed by atoms with Gasteiger partial charge in [-0.25, -0.2) is 4.79 Å². The van der Waals surface area contributed by atoms with Crippen molar-refractivity contribution in [1.82, 2.24) is 15.1 Å². The zero-order chi connectivity index (χ0) is 13.8. The van der Waals surface area contributed by atoms with Gasteiger partial charge < -0.3 is 11.1 Å². The van der Waals surface area contributed by atoms with E-state index in [4.69, 9.17) is 5.73 Å². The van der Waals surface area contributed by atoms with Crippen LogP contribution in [0.4, 0.5) is 4.79 Å². The number of carbonyl (C=O) groups is 2. The van der Waals surface area contributed by atoms with Crippen molar-refractivity contribution in [3.05, 3.63) is 0 Å². The Balaban J connectivity index is 1.88. The molecule has 19 heavy (non-hydrogen) atoms. The van der Waals surface area contributed by atoms with Crippen LogP contribution in [-0.4, -0.2) is 60.0 Å². The van der Waals surface area contributed by atoms with E-state index in [1.54, 1.807) is 0 Å². The van der Waals surface area contributed by atoms with Gasteiger partial charge in [0, 0.05) is 25.2 Å². The predicted molar refractivity (Wildman–Crippen MR) is 72.6 cm³/mol. The molecule has 3 N–H and O–H groups in total. The summed E-state index contributed by atoms with van der Waals surface area (Å²) < 4.78 is 0. The van der Waals surface area contributed by atoms with Gasteiger partial charge in [-0.1, -0.05) is 6.92 Å². The summed E-state index contributed by atoms with van der Waals surface area (Å²) in [7, 11) is 0. The number of urea groups is 1. The highest BCUT2D eigenvalue weighted by molar-refractivity contribution is 5.96. The second-order valence-corrected chi connectivity index (χ2v) is 5.41. The van der Waals surface area contributed by atoms with Gasteiger partial charge in [0.05, 0.1) is 6.54 Å². The van der Waals surface area contributed by atoms with E-state index in [0.29, 0.717) is 31.7 Å². The van der Waals surface area contributed by atoms with Crippen LogP contribution in [0.25, 0.3) is 0 Å². The van der Waals surface area contributed by atoms with Crippen molar-refractivity contribution in [2.75, 3.05) is 26.2 Å². The molecule has 0 aromatic rings. The standard InChI is InChI=1S/C13H24N4O2/c1-2-16(11-5-3-10(14)4-6-11)9-12(18)17-8-7-15-13(17)19/h10-11H,2-9,14H2,1H3,(H,15,19). The van der Waals surface area contributed by atoms with E-state index in [1.807, 2.05) is 0 Å². The normalized spacial score (nSPS) is 27.7. The maximum atomic E-state index is 12.1. The largest absolute Gasteiger partial charge is 0.336 e. The maximum absolute atomic E-state index is 12.1. The number of amides is 3. The number of rotatable bonds is 4. The van der Waals surface area contributed by atoms with Gasteiger partial charge in [0.25, 0.3) is 0 Å². The van der Waals surface area contributed by atoms with Gasteiger partial charge >= 0.3 is 6.03 Å². The fourth-order valence-electron chi connectivity index (χ4n) is 2.93. The highest BCUT2D eigenvalue weighted by atomic mass is 16.2. The van der Waals surface area contributed by atoms with Crippen molar-refractivity contribution < 1.29 is 9.59 Å². The first kappa shape index (κ1) is 14.3. The van der Waals surface area contributed by atoms with E-state index >= 15 is 0 Å². The topological polar surface area (TPSA) is 78.7 Å². The molecule has 0 unspecified atom stereocenters. The molecule has 2 fully saturated rings. The van der Waals surface area contributed by atoms with Crippen LogP contribution < -0.4 is 11.1 Å². The maximum Gasteiger partial charge on any atom is 0.324 e. The highest BCUT2D eigenvalue weighted by Gasteiger charge is 2.30. The zero-order valence-electron chi connectivity index (χ0n) is 11.6. The first-order valence-electron chi connectivity index (χ1n) is 7.19. The lowest BCUT2D eigenvalue weighted by molar-refractivity contribution is -0.129. The van der Waals surface area contributed by atoms with E-state index in [-0.39, 0.29) is 11.9 Å². The van der Waals surface area contributed by atoms with E-state index in [9.17, 15) is 9.59 Å². The van der Waals surface area contributed by atoms with E-state index < -0.39 is 0 Å². The number of likely N-dealkylation sites (N-methyl/N-ethyl adjacent to an activating group) is 1. The number of imide groups is 1. The Morgan fingerprint density at radius 1 is 1.42 bits per heavy atom. The van der Waals surface area contributed by atoms with Gasteiger partial charge in [-0.3, -0.25) is 14.6 Å². The predicted octanol–water partition coefficient (Wildman–Crippen LogP) is 0.130. The Bertz CT molecular complexity index is 340. The van der Waals surface area contributed by atoms with Crippen LogP contribution in [0.3, 0.4) is 0 Å². The van der Waals surface area contributed by atoms with Crippen molar-refractivity contribution in [3.8, 4) is 0 Å². The molecule has 2 aliphatic rings. The summed E-state index contributed by atoms with van der Waals surface area (Å²) in [6.45, 7) is 4.29. The second kappa shape index (κ2) is 6.34.